The van der Waals surface area contributed by atoms with Crippen LogP contribution < -0.4 is 5.32 Å². The first-order valence-corrected chi connectivity index (χ1v) is 7.19. The van der Waals surface area contributed by atoms with Crippen molar-refractivity contribution in [2.24, 2.45) is 0 Å². The minimum absolute atomic E-state index is 0.795. The standard InChI is InChI=1S/C15H19NS/c1-9-6-13-11(3)15(8-16-12-4-5-12)17-14(13)7-10(9)2/h6-7,12,16H,4-5,8H2,1-3H3. The van der Waals surface area contributed by atoms with Crippen LogP contribution >= 0.6 is 11.3 Å². The molecular weight excluding hydrogens is 226 g/mol. The molecule has 2 heteroatoms. The van der Waals surface area contributed by atoms with Gasteiger partial charge in [0.05, 0.1) is 0 Å². The summed E-state index contributed by atoms with van der Waals surface area (Å²) in [6.45, 7) is 7.71. The molecule has 0 unspecified atom stereocenters. The molecule has 0 radical (unpaired) electrons. The van der Waals surface area contributed by atoms with E-state index in [0.29, 0.717) is 0 Å². The second kappa shape index (κ2) is 4.11. The summed E-state index contributed by atoms with van der Waals surface area (Å²) in [5, 5.41) is 5.06. The summed E-state index contributed by atoms with van der Waals surface area (Å²) in [6.07, 6.45) is 2.73. The van der Waals surface area contributed by atoms with E-state index >= 15 is 0 Å². The van der Waals surface area contributed by atoms with E-state index in [1.165, 1.54) is 44.5 Å². The van der Waals surface area contributed by atoms with Gasteiger partial charge in [-0.2, -0.15) is 0 Å². The minimum Gasteiger partial charge on any atom is -0.309 e. The second-order valence-electron chi connectivity index (χ2n) is 5.24. The topological polar surface area (TPSA) is 12.0 Å². The van der Waals surface area contributed by atoms with Crippen molar-refractivity contribution in [3.8, 4) is 0 Å². The molecule has 90 valence electrons. The van der Waals surface area contributed by atoms with Crippen LogP contribution in [0.15, 0.2) is 12.1 Å². The molecule has 17 heavy (non-hydrogen) atoms. The van der Waals surface area contributed by atoms with Crippen LogP contribution in [0.3, 0.4) is 0 Å². The van der Waals surface area contributed by atoms with Crippen molar-refractivity contribution < 1.29 is 0 Å². The molecule has 1 heterocycles. The number of benzene rings is 1. The molecule has 1 aliphatic carbocycles. The van der Waals surface area contributed by atoms with Crippen LogP contribution in [0.2, 0.25) is 0 Å². The van der Waals surface area contributed by atoms with Gasteiger partial charge in [0.15, 0.2) is 0 Å². The third-order valence-corrected chi connectivity index (χ3v) is 5.03. The summed E-state index contributed by atoms with van der Waals surface area (Å²) in [7, 11) is 0. The monoisotopic (exact) mass is 245 g/mol. The molecule has 0 atom stereocenters. The van der Waals surface area contributed by atoms with Crippen molar-refractivity contribution in [2.45, 2.75) is 46.2 Å². The fraction of sp³-hybridized carbons (Fsp3) is 0.467. The van der Waals surface area contributed by atoms with Crippen LogP contribution in [0.25, 0.3) is 10.1 Å². The highest BCUT2D eigenvalue weighted by molar-refractivity contribution is 7.19. The molecule has 1 saturated carbocycles. The summed E-state index contributed by atoms with van der Waals surface area (Å²) in [4.78, 5) is 1.51. The summed E-state index contributed by atoms with van der Waals surface area (Å²) in [6, 6.07) is 5.48. The van der Waals surface area contributed by atoms with Gasteiger partial charge in [0, 0.05) is 22.2 Å². The van der Waals surface area contributed by atoms with Crippen molar-refractivity contribution in [3.05, 3.63) is 33.7 Å². The Labute approximate surface area is 107 Å². The summed E-state index contributed by atoms with van der Waals surface area (Å²) >= 11 is 1.95. The fourth-order valence-electron chi connectivity index (χ4n) is 2.22. The lowest BCUT2D eigenvalue weighted by Gasteiger charge is -2.01. The largest absolute Gasteiger partial charge is 0.309 e. The number of fused-ring (bicyclic) bond motifs is 1. The Morgan fingerprint density at radius 3 is 2.59 bits per heavy atom. The zero-order valence-electron chi connectivity index (χ0n) is 10.8. The van der Waals surface area contributed by atoms with Gasteiger partial charge in [-0.3, -0.25) is 0 Å². The molecule has 0 amide bonds. The molecule has 1 aliphatic rings. The molecule has 0 bridgehead atoms. The molecule has 1 nitrogen and oxygen atoms in total. The third kappa shape index (κ3) is 2.12. The average Bonchev–Trinajstić information content (AvgIpc) is 3.07. The van der Waals surface area contributed by atoms with E-state index in [9.17, 15) is 0 Å². The summed E-state index contributed by atoms with van der Waals surface area (Å²) in [5.74, 6) is 0. The lowest BCUT2D eigenvalue weighted by molar-refractivity contribution is 0.693. The number of hydrogen-bond acceptors (Lipinski definition) is 2. The quantitative estimate of drug-likeness (QED) is 0.859. The van der Waals surface area contributed by atoms with Crippen LogP contribution in [0.1, 0.15) is 34.4 Å². The van der Waals surface area contributed by atoms with Gasteiger partial charge in [0.1, 0.15) is 0 Å². The van der Waals surface area contributed by atoms with E-state index in [2.05, 4.69) is 38.2 Å². The predicted molar refractivity (Wildman–Crippen MR) is 75.9 cm³/mol. The Morgan fingerprint density at radius 1 is 1.18 bits per heavy atom. The molecule has 1 fully saturated rings. The molecule has 0 aliphatic heterocycles. The Balaban J connectivity index is 1.98. The lowest BCUT2D eigenvalue weighted by atomic mass is 10.1. The number of nitrogens with one attached hydrogen (secondary N) is 1. The molecule has 1 aromatic heterocycles. The number of aryl methyl sites for hydroxylation is 3. The molecule has 0 spiro atoms. The predicted octanol–water partition coefficient (Wildman–Crippen LogP) is 4.08. The van der Waals surface area contributed by atoms with E-state index in [-0.39, 0.29) is 0 Å². The van der Waals surface area contributed by atoms with E-state index in [1.54, 1.807) is 0 Å². The van der Waals surface area contributed by atoms with Crippen molar-refractivity contribution in [2.75, 3.05) is 0 Å². The van der Waals surface area contributed by atoms with Gasteiger partial charge in [-0.05, 0) is 61.8 Å². The number of hydrogen-bond donors (Lipinski definition) is 1. The van der Waals surface area contributed by atoms with Crippen LogP contribution in [-0.2, 0) is 6.54 Å². The summed E-state index contributed by atoms with van der Waals surface area (Å²) < 4.78 is 1.44. The normalized spacial score (nSPS) is 15.7. The first-order chi connectivity index (χ1) is 8.15. The molecule has 1 aromatic carbocycles. The molecule has 0 saturated heterocycles. The van der Waals surface area contributed by atoms with Gasteiger partial charge in [0.2, 0.25) is 0 Å². The Hall–Kier alpha value is -0.860. The van der Waals surface area contributed by atoms with Gasteiger partial charge in [-0.25, -0.2) is 0 Å². The van der Waals surface area contributed by atoms with Crippen molar-refractivity contribution in [1.29, 1.82) is 0 Å². The van der Waals surface area contributed by atoms with Crippen molar-refractivity contribution in [3.63, 3.8) is 0 Å². The number of rotatable bonds is 3. The second-order valence-corrected chi connectivity index (χ2v) is 6.37. The van der Waals surface area contributed by atoms with Crippen LogP contribution in [0, 0.1) is 20.8 Å². The maximum absolute atomic E-state index is 3.61. The first-order valence-electron chi connectivity index (χ1n) is 6.38. The lowest BCUT2D eigenvalue weighted by Crippen LogP contribution is -2.14. The van der Waals surface area contributed by atoms with Crippen LogP contribution in [0.5, 0.6) is 0 Å². The molecule has 3 rings (SSSR count). The van der Waals surface area contributed by atoms with Crippen LogP contribution in [0.4, 0.5) is 0 Å². The van der Waals surface area contributed by atoms with Gasteiger partial charge >= 0.3 is 0 Å². The highest BCUT2D eigenvalue weighted by atomic mass is 32.1. The van der Waals surface area contributed by atoms with E-state index in [0.717, 1.165) is 12.6 Å². The average molecular weight is 245 g/mol. The maximum atomic E-state index is 3.61. The Bertz CT molecular complexity index is 564. The first kappa shape index (κ1) is 11.2. The fourth-order valence-corrected chi connectivity index (χ4v) is 3.46. The van der Waals surface area contributed by atoms with E-state index in [4.69, 9.17) is 0 Å². The van der Waals surface area contributed by atoms with E-state index < -0.39 is 0 Å². The molecule has 1 N–H and O–H groups in total. The zero-order chi connectivity index (χ0) is 12.0. The number of thiophene rings is 1. The zero-order valence-corrected chi connectivity index (χ0v) is 11.6. The highest BCUT2D eigenvalue weighted by Crippen LogP contribution is 2.33. The third-order valence-electron chi connectivity index (χ3n) is 3.78. The van der Waals surface area contributed by atoms with Gasteiger partial charge in [-0.1, -0.05) is 6.07 Å². The Morgan fingerprint density at radius 2 is 1.88 bits per heavy atom. The van der Waals surface area contributed by atoms with Crippen molar-refractivity contribution >= 4 is 21.4 Å². The molecular formula is C15H19NS. The SMILES string of the molecule is Cc1cc2sc(CNC3CC3)c(C)c2cc1C. The van der Waals surface area contributed by atoms with Gasteiger partial charge in [-0.15, -0.1) is 11.3 Å². The summed E-state index contributed by atoms with van der Waals surface area (Å²) in [5.41, 5.74) is 4.28. The van der Waals surface area contributed by atoms with Crippen molar-refractivity contribution in [1.82, 2.24) is 5.32 Å². The smallest absolute Gasteiger partial charge is 0.0351 e. The highest BCUT2D eigenvalue weighted by Gasteiger charge is 2.21. The maximum Gasteiger partial charge on any atom is 0.0351 e. The molecule has 2 aromatic rings. The minimum atomic E-state index is 0.795. The van der Waals surface area contributed by atoms with E-state index in [1.807, 2.05) is 11.3 Å². The van der Waals surface area contributed by atoms with Gasteiger partial charge < -0.3 is 5.32 Å². The van der Waals surface area contributed by atoms with Crippen LogP contribution in [-0.4, -0.2) is 6.04 Å². The van der Waals surface area contributed by atoms with Gasteiger partial charge in [0.25, 0.3) is 0 Å². The Kier molecular flexibility index (Phi) is 2.72.